The summed E-state index contributed by atoms with van der Waals surface area (Å²) < 4.78 is 27.4. The van der Waals surface area contributed by atoms with Crippen LogP contribution in [0.25, 0.3) is 0 Å². The minimum atomic E-state index is -2.21. The molecule has 4 heteroatoms. The van der Waals surface area contributed by atoms with Crippen LogP contribution in [0.3, 0.4) is 0 Å². The van der Waals surface area contributed by atoms with E-state index in [4.69, 9.17) is 9.47 Å². The molecule has 0 aromatic heterocycles. The third-order valence-corrected chi connectivity index (χ3v) is 14.4. The highest BCUT2D eigenvalue weighted by molar-refractivity contribution is 6.87. The summed E-state index contributed by atoms with van der Waals surface area (Å²) in [5, 5.41) is -0.756. The summed E-state index contributed by atoms with van der Waals surface area (Å²) in [5.41, 5.74) is 2.23. The highest BCUT2D eigenvalue weighted by Crippen LogP contribution is 2.64. The molecule has 0 bridgehead atoms. The number of hydrogen-bond acceptors (Lipinski definition) is 2. The standard InChI is InChI=1S/C24H36FO2Si/c1-17(2)28(18(3)4,19(5)6)24(7)15-22(26-8)21(14-23(24)25)27-16-20-12-10-9-11-13-20/h9-14,17-19H,7,15-16H2,1-6,8H3. The molecule has 2 nitrogen and oxygen atoms in total. The number of allylic oxidation sites excluding steroid dienone is 3. The van der Waals surface area contributed by atoms with Crippen LogP contribution in [0.2, 0.25) is 21.7 Å². The maximum atomic E-state index is 15.8. The number of halogens is 1. The van der Waals surface area contributed by atoms with Gasteiger partial charge >= 0.3 is 0 Å². The number of methoxy groups -OCH3 is 1. The van der Waals surface area contributed by atoms with E-state index in [-0.39, 0.29) is 5.83 Å². The van der Waals surface area contributed by atoms with Gasteiger partial charge in [0.25, 0.3) is 0 Å². The van der Waals surface area contributed by atoms with Gasteiger partial charge in [-0.2, -0.15) is 0 Å². The van der Waals surface area contributed by atoms with Gasteiger partial charge in [0, 0.05) is 17.5 Å². The Morgan fingerprint density at radius 1 is 1.04 bits per heavy atom. The highest BCUT2D eigenvalue weighted by Gasteiger charge is 2.59. The van der Waals surface area contributed by atoms with Crippen molar-refractivity contribution in [2.45, 2.75) is 76.2 Å². The maximum Gasteiger partial charge on any atom is 0.159 e. The van der Waals surface area contributed by atoms with Gasteiger partial charge in [-0.1, -0.05) is 71.9 Å². The first-order chi connectivity index (χ1) is 13.1. The van der Waals surface area contributed by atoms with Crippen molar-refractivity contribution in [2.24, 2.45) is 0 Å². The normalized spacial score (nSPS) is 20.8. The molecule has 1 aromatic rings. The molecule has 1 atom stereocenters. The van der Waals surface area contributed by atoms with Crippen LogP contribution in [0, 0.1) is 6.92 Å². The van der Waals surface area contributed by atoms with Crippen LogP contribution in [0.4, 0.5) is 4.39 Å². The van der Waals surface area contributed by atoms with Gasteiger partial charge in [0.2, 0.25) is 0 Å². The van der Waals surface area contributed by atoms with E-state index in [0.29, 0.717) is 41.2 Å². The second-order valence-corrected chi connectivity index (χ2v) is 15.2. The Morgan fingerprint density at radius 2 is 1.57 bits per heavy atom. The topological polar surface area (TPSA) is 18.5 Å². The van der Waals surface area contributed by atoms with Crippen LogP contribution in [0.1, 0.15) is 53.5 Å². The average molecular weight is 404 g/mol. The fraction of sp³-hybridized carbons (Fsp3) is 0.542. The predicted octanol–water partition coefficient (Wildman–Crippen LogP) is 7.57. The second kappa shape index (κ2) is 8.85. The van der Waals surface area contributed by atoms with Crippen LogP contribution in [0.15, 0.2) is 53.8 Å². The quantitative estimate of drug-likeness (QED) is 0.417. The molecule has 1 aliphatic rings. The Labute approximate surface area is 171 Å². The van der Waals surface area contributed by atoms with E-state index in [0.717, 1.165) is 5.56 Å². The molecule has 2 rings (SSSR count). The zero-order valence-corrected chi connectivity index (χ0v) is 19.5. The van der Waals surface area contributed by atoms with Crippen molar-refractivity contribution in [3.63, 3.8) is 0 Å². The lowest BCUT2D eigenvalue weighted by Gasteiger charge is -2.55. The molecular weight excluding hydrogens is 367 g/mol. The van der Waals surface area contributed by atoms with Crippen LogP contribution >= 0.6 is 0 Å². The Kier molecular flexibility index (Phi) is 7.19. The SMILES string of the molecule is [CH2]C1([Si](C(C)C)(C(C)C)C(C)C)CC(OC)=C(OCc2ccccc2)C=C1F. The van der Waals surface area contributed by atoms with Gasteiger partial charge in [-0.15, -0.1) is 0 Å². The number of rotatable bonds is 8. The second-order valence-electron chi connectivity index (χ2n) is 8.91. The minimum absolute atomic E-state index is 0.154. The lowest BCUT2D eigenvalue weighted by Crippen LogP contribution is -2.55. The van der Waals surface area contributed by atoms with Crippen LogP contribution in [0.5, 0.6) is 0 Å². The smallest absolute Gasteiger partial charge is 0.159 e. The summed E-state index contributed by atoms with van der Waals surface area (Å²) in [6.07, 6.45) is 1.99. The first kappa shape index (κ1) is 22.7. The maximum absolute atomic E-state index is 15.8. The van der Waals surface area contributed by atoms with E-state index in [9.17, 15) is 0 Å². The molecule has 1 aromatic carbocycles. The molecule has 0 heterocycles. The molecule has 0 fully saturated rings. The minimum Gasteiger partial charge on any atom is -0.497 e. The average Bonchev–Trinajstić information content (AvgIpc) is 2.62. The molecule has 0 saturated heterocycles. The zero-order chi connectivity index (χ0) is 21.1. The predicted molar refractivity (Wildman–Crippen MR) is 118 cm³/mol. The molecule has 0 aliphatic heterocycles. The largest absolute Gasteiger partial charge is 0.497 e. The lowest BCUT2D eigenvalue weighted by atomic mass is 9.97. The van der Waals surface area contributed by atoms with E-state index in [2.05, 4.69) is 48.5 Å². The molecular formula is C24H36FO2Si. The molecule has 0 amide bonds. The zero-order valence-electron chi connectivity index (χ0n) is 18.5. The molecule has 1 unspecified atom stereocenters. The molecule has 155 valence electrons. The fourth-order valence-corrected chi connectivity index (χ4v) is 14.1. The Balaban J connectivity index is 2.43. The van der Waals surface area contributed by atoms with Gasteiger partial charge in [-0.05, 0) is 29.1 Å². The van der Waals surface area contributed by atoms with Crippen molar-refractivity contribution < 1.29 is 13.9 Å². The summed E-state index contributed by atoms with van der Waals surface area (Å²) in [6.45, 7) is 18.4. The van der Waals surface area contributed by atoms with Crippen molar-refractivity contribution in [2.75, 3.05) is 7.11 Å². The Hall–Kier alpha value is -1.55. The third kappa shape index (κ3) is 3.80. The molecule has 0 N–H and O–H groups in total. The summed E-state index contributed by atoms with van der Waals surface area (Å²) >= 11 is 0. The van der Waals surface area contributed by atoms with Crippen molar-refractivity contribution in [1.29, 1.82) is 0 Å². The van der Waals surface area contributed by atoms with Crippen molar-refractivity contribution >= 4 is 8.07 Å². The van der Waals surface area contributed by atoms with Crippen molar-refractivity contribution in [1.82, 2.24) is 0 Å². The summed E-state index contributed by atoms with van der Waals surface area (Å²) in [4.78, 5) is 0. The van der Waals surface area contributed by atoms with Crippen molar-refractivity contribution in [3.05, 3.63) is 66.2 Å². The van der Waals surface area contributed by atoms with E-state index >= 15 is 4.39 Å². The lowest BCUT2D eigenvalue weighted by molar-refractivity contribution is 0.163. The van der Waals surface area contributed by atoms with E-state index in [1.54, 1.807) is 7.11 Å². The van der Waals surface area contributed by atoms with Gasteiger partial charge < -0.3 is 9.47 Å². The van der Waals surface area contributed by atoms with Gasteiger partial charge in [-0.3, -0.25) is 0 Å². The Bertz CT molecular complexity index is 700. The van der Waals surface area contributed by atoms with Gasteiger partial charge in [0.1, 0.15) is 18.2 Å². The molecule has 1 radical (unpaired) electrons. The Morgan fingerprint density at radius 3 is 2.04 bits per heavy atom. The number of benzene rings is 1. The molecule has 1 aliphatic carbocycles. The first-order valence-electron chi connectivity index (χ1n) is 10.3. The number of ether oxygens (including phenoxy) is 2. The first-order valence-corrected chi connectivity index (χ1v) is 12.5. The number of hydrogen-bond donors (Lipinski definition) is 0. The molecule has 0 saturated carbocycles. The highest BCUT2D eigenvalue weighted by atomic mass is 28.3. The van der Waals surface area contributed by atoms with E-state index in [1.165, 1.54) is 6.08 Å². The van der Waals surface area contributed by atoms with Gasteiger partial charge in [0.15, 0.2) is 5.76 Å². The molecule has 0 spiro atoms. The van der Waals surface area contributed by atoms with Crippen LogP contribution in [-0.2, 0) is 16.1 Å². The fourth-order valence-electron chi connectivity index (χ4n) is 5.83. The van der Waals surface area contributed by atoms with Crippen LogP contribution < -0.4 is 0 Å². The van der Waals surface area contributed by atoms with Gasteiger partial charge in [0.05, 0.1) is 15.2 Å². The summed E-state index contributed by atoms with van der Waals surface area (Å²) in [7, 11) is -0.572. The van der Waals surface area contributed by atoms with Crippen molar-refractivity contribution in [3.8, 4) is 0 Å². The van der Waals surface area contributed by atoms with Crippen LogP contribution in [-0.4, -0.2) is 15.2 Å². The third-order valence-electron chi connectivity index (χ3n) is 6.63. The monoisotopic (exact) mass is 403 g/mol. The molecule has 28 heavy (non-hydrogen) atoms. The van der Waals surface area contributed by atoms with E-state index in [1.807, 2.05) is 30.3 Å². The summed E-state index contributed by atoms with van der Waals surface area (Å²) in [6, 6.07) is 9.90. The summed E-state index contributed by atoms with van der Waals surface area (Å²) in [5.74, 6) is 1.03. The van der Waals surface area contributed by atoms with Gasteiger partial charge in [-0.25, -0.2) is 4.39 Å². The van der Waals surface area contributed by atoms with E-state index < -0.39 is 13.1 Å².